The molecule has 2 aromatic heterocycles. The van der Waals surface area contributed by atoms with Crippen molar-refractivity contribution in [3.63, 3.8) is 0 Å². The predicted molar refractivity (Wildman–Crippen MR) is 117 cm³/mol. The lowest BCUT2D eigenvalue weighted by atomic mass is 10.2. The van der Waals surface area contributed by atoms with Crippen molar-refractivity contribution in [3.05, 3.63) is 84.6 Å². The average Bonchev–Trinajstić information content (AvgIpc) is 3.24. The summed E-state index contributed by atoms with van der Waals surface area (Å²) in [5.41, 5.74) is 2.37. The van der Waals surface area contributed by atoms with Crippen LogP contribution in [0.1, 0.15) is 10.4 Å². The number of pyridine rings is 1. The molecule has 3 N–H and O–H groups in total. The van der Waals surface area contributed by atoms with Gasteiger partial charge in [-0.25, -0.2) is 4.79 Å². The number of aromatic nitrogens is 3. The Balaban J connectivity index is 1.35. The molecule has 0 saturated heterocycles. The van der Waals surface area contributed by atoms with Gasteiger partial charge in [0.05, 0.1) is 0 Å². The standard InChI is InChI=1S/C21H16N6O2S/c28-18(25-21-27-26-19(30-21)17-8-4-5-13-22-17)14-9-11-16(12-10-14)24-20(29)23-15-6-2-1-3-7-15/h1-13H,(H2,23,24,29)(H,25,27,28). The van der Waals surface area contributed by atoms with E-state index in [1.165, 1.54) is 11.3 Å². The van der Waals surface area contributed by atoms with Crippen LogP contribution in [0.25, 0.3) is 10.7 Å². The van der Waals surface area contributed by atoms with Gasteiger partial charge in [0.2, 0.25) is 5.13 Å². The van der Waals surface area contributed by atoms with Gasteiger partial charge in [-0.3, -0.25) is 15.1 Å². The van der Waals surface area contributed by atoms with Crippen molar-refractivity contribution in [2.75, 3.05) is 16.0 Å². The van der Waals surface area contributed by atoms with Crippen LogP contribution in [0.2, 0.25) is 0 Å². The van der Waals surface area contributed by atoms with Crippen LogP contribution in [0, 0.1) is 0 Å². The van der Waals surface area contributed by atoms with Crippen LogP contribution in [0.3, 0.4) is 0 Å². The Bertz CT molecular complexity index is 1150. The van der Waals surface area contributed by atoms with Crippen molar-refractivity contribution in [2.45, 2.75) is 0 Å². The highest BCUT2D eigenvalue weighted by molar-refractivity contribution is 7.18. The minimum atomic E-state index is -0.366. The number of carbonyl (C=O) groups is 2. The van der Waals surface area contributed by atoms with Gasteiger partial charge in [-0.1, -0.05) is 35.6 Å². The van der Waals surface area contributed by atoms with E-state index in [9.17, 15) is 9.59 Å². The SMILES string of the molecule is O=C(Nc1ccccc1)Nc1ccc(C(=O)Nc2nnc(-c3ccccn3)s2)cc1. The van der Waals surface area contributed by atoms with Gasteiger partial charge in [-0.2, -0.15) is 0 Å². The molecular formula is C21H16N6O2S. The number of urea groups is 1. The van der Waals surface area contributed by atoms with Gasteiger partial charge in [0, 0.05) is 23.1 Å². The molecule has 0 aliphatic heterocycles. The first-order valence-corrected chi connectivity index (χ1v) is 9.78. The molecule has 0 fully saturated rings. The number of benzene rings is 2. The summed E-state index contributed by atoms with van der Waals surface area (Å²) in [7, 11) is 0. The first-order chi connectivity index (χ1) is 14.7. The fraction of sp³-hybridized carbons (Fsp3) is 0. The predicted octanol–water partition coefficient (Wildman–Crippen LogP) is 4.50. The number of nitrogens with one attached hydrogen (secondary N) is 3. The summed E-state index contributed by atoms with van der Waals surface area (Å²) in [5, 5.41) is 17.2. The lowest BCUT2D eigenvalue weighted by Gasteiger charge is -2.08. The Morgan fingerprint density at radius 1 is 0.733 bits per heavy atom. The zero-order chi connectivity index (χ0) is 20.8. The molecule has 2 heterocycles. The second-order valence-electron chi connectivity index (χ2n) is 6.10. The third-order valence-electron chi connectivity index (χ3n) is 3.97. The maximum atomic E-state index is 12.4. The molecule has 8 nitrogen and oxygen atoms in total. The van der Waals surface area contributed by atoms with Gasteiger partial charge >= 0.3 is 6.03 Å². The number of anilines is 3. The first kappa shape index (κ1) is 19.2. The van der Waals surface area contributed by atoms with Crippen molar-refractivity contribution in [1.82, 2.24) is 15.2 Å². The highest BCUT2D eigenvalue weighted by atomic mass is 32.1. The Kier molecular flexibility index (Phi) is 5.72. The molecule has 4 rings (SSSR count). The molecule has 0 aliphatic carbocycles. The number of amides is 3. The Morgan fingerprint density at radius 3 is 2.13 bits per heavy atom. The van der Waals surface area contributed by atoms with Gasteiger partial charge in [-0.15, -0.1) is 10.2 Å². The highest BCUT2D eigenvalue weighted by Crippen LogP contribution is 2.24. The minimum absolute atomic E-state index is 0.320. The summed E-state index contributed by atoms with van der Waals surface area (Å²) in [5.74, 6) is -0.320. The summed E-state index contributed by atoms with van der Waals surface area (Å²) >= 11 is 1.24. The maximum absolute atomic E-state index is 12.4. The van der Waals surface area contributed by atoms with E-state index >= 15 is 0 Å². The normalized spacial score (nSPS) is 10.3. The smallest absolute Gasteiger partial charge is 0.308 e. The van der Waals surface area contributed by atoms with E-state index in [1.54, 1.807) is 42.6 Å². The molecule has 0 atom stereocenters. The third kappa shape index (κ3) is 4.83. The van der Waals surface area contributed by atoms with Crippen LogP contribution in [0.15, 0.2) is 79.0 Å². The molecule has 0 radical (unpaired) electrons. The Morgan fingerprint density at radius 2 is 1.43 bits per heavy atom. The summed E-state index contributed by atoms with van der Waals surface area (Å²) in [6, 6.07) is 20.8. The monoisotopic (exact) mass is 416 g/mol. The summed E-state index contributed by atoms with van der Waals surface area (Å²) in [4.78, 5) is 28.7. The number of nitrogens with zero attached hydrogens (tertiary/aromatic N) is 3. The van der Waals surface area contributed by atoms with E-state index in [2.05, 4.69) is 31.1 Å². The second kappa shape index (κ2) is 8.93. The van der Waals surface area contributed by atoms with Crippen molar-refractivity contribution in [2.24, 2.45) is 0 Å². The largest absolute Gasteiger partial charge is 0.323 e. The van der Waals surface area contributed by atoms with Crippen LogP contribution < -0.4 is 16.0 Å². The molecule has 0 saturated carbocycles. The lowest BCUT2D eigenvalue weighted by molar-refractivity contribution is 0.102. The molecule has 148 valence electrons. The van der Waals surface area contributed by atoms with Gasteiger partial charge in [-0.05, 0) is 48.5 Å². The van der Waals surface area contributed by atoms with Crippen LogP contribution in [0.5, 0.6) is 0 Å². The molecule has 0 aliphatic rings. The molecule has 0 unspecified atom stereocenters. The van der Waals surface area contributed by atoms with Gasteiger partial charge in [0.25, 0.3) is 5.91 Å². The van der Waals surface area contributed by atoms with E-state index in [1.807, 2.05) is 36.4 Å². The van der Waals surface area contributed by atoms with Crippen molar-refractivity contribution < 1.29 is 9.59 Å². The Hall–Kier alpha value is -4.11. The van der Waals surface area contributed by atoms with E-state index in [-0.39, 0.29) is 11.9 Å². The first-order valence-electron chi connectivity index (χ1n) is 8.97. The quantitative estimate of drug-likeness (QED) is 0.444. The van der Waals surface area contributed by atoms with E-state index in [0.717, 1.165) is 0 Å². The summed E-state index contributed by atoms with van der Waals surface area (Å²) in [6.45, 7) is 0. The number of rotatable bonds is 5. The molecule has 3 amide bonds. The average molecular weight is 416 g/mol. The van der Waals surface area contributed by atoms with Crippen LogP contribution in [0.4, 0.5) is 21.3 Å². The molecule has 0 spiro atoms. The summed E-state index contributed by atoms with van der Waals surface area (Å²) in [6.07, 6.45) is 1.67. The van der Waals surface area contributed by atoms with Crippen molar-refractivity contribution in [1.29, 1.82) is 0 Å². The lowest BCUT2D eigenvalue weighted by Crippen LogP contribution is -2.19. The highest BCUT2D eigenvalue weighted by Gasteiger charge is 2.12. The minimum Gasteiger partial charge on any atom is -0.308 e. The number of hydrogen-bond acceptors (Lipinski definition) is 6. The van der Waals surface area contributed by atoms with Crippen LogP contribution in [-0.2, 0) is 0 Å². The van der Waals surface area contributed by atoms with Gasteiger partial charge in [0.15, 0.2) is 5.01 Å². The van der Waals surface area contributed by atoms with E-state index in [4.69, 9.17) is 0 Å². The third-order valence-corrected chi connectivity index (χ3v) is 4.83. The summed E-state index contributed by atoms with van der Waals surface area (Å²) < 4.78 is 0. The van der Waals surface area contributed by atoms with Crippen LogP contribution >= 0.6 is 11.3 Å². The molecule has 2 aromatic carbocycles. The van der Waals surface area contributed by atoms with Gasteiger partial charge in [0.1, 0.15) is 5.69 Å². The number of carbonyl (C=O) groups excluding carboxylic acids is 2. The molecule has 9 heteroatoms. The second-order valence-corrected chi connectivity index (χ2v) is 7.08. The number of para-hydroxylation sites is 1. The van der Waals surface area contributed by atoms with E-state index in [0.29, 0.717) is 32.8 Å². The Labute approximate surface area is 176 Å². The molecular weight excluding hydrogens is 400 g/mol. The molecule has 30 heavy (non-hydrogen) atoms. The van der Waals surface area contributed by atoms with Crippen LogP contribution in [-0.4, -0.2) is 27.1 Å². The maximum Gasteiger partial charge on any atom is 0.323 e. The van der Waals surface area contributed by atoms with Crippen molar-refractivity contribution >= 4 is 39.8 Å². The zero-order valence-corrected chi connectivity index (χ0v) is 16.4. The number of hydrogen-bond donors (Lipinski definition) is 3. The molecule has 4 aromatic rings. The fourth-order valence-corrected chi connectivity index (χ4v) is 3.27. The van der Waals surface area contributed by atoms with Gasteiger partial charge < -0.3 is 10.6 Å². The fourth-order valence-electron chi connectivity index (χ4n) is 2.56. The molecule has 0 bridgehead atoms. The zero-order valence-electron chi connectivity index (χ0n) is 15.6. The topological polar surface area (TPSA) is 109 Å². The van der Waals surface area contributed by atoms with Crippen molar-refractivity contribution in [3.8, 4) is 10.7 Å². The van der Waals surface area contributed by atoms with E-state index < -0.39 is 0 Å².